The lowest BCUT2D eigenvalue weighted by Crippen LogP contribution is -2.51. The van der Waals surface area contributed by atoms with Crippen LogP contribution in [-0.2, 0) is 9.47 Å². The van der Waals surface area contributed by atoms with E-state index < -0.39 is 0 Å². The first-order valence-electron chi connectivity index (χ1n) is 4.58. The van der Waals surface area contributed by atoms with Crippen LogP contribution in [0.2, 0.25) is 0 Å². The summed E-state index contributed by atoms with van der Waals surface area (Å²) in [7, 11) is 0. The minimum atomic E-state index is -0.284. The Morgan fingerprint density at radius 1 is 1.08 bits per heavy atom. The van der Waals surface area contributed by atoms with Gasteiger partial charge in [0.2, 0.25) is 0 Å². The molecule has 2 saturated heterocycles. The number of nitrogens with two attached hydrogens (primary N) is 1. The molecule has 0 radical (unpaired) electrons. The smallest absolute Gasteiger partial charge is 0.170 e. The van der Waals surface area contributed by atoms with Crippen LogP contribution < -0.4 is 5.84 Å². The highest BCUT2D eigenvalue weighted by Gasteiger charge is 2.37. The topological polar surface area (TPSA) is 47.7 Å². The van der Waals surface area contributed by atoms with E-state index in [1.807, 2.05) is 5.01 Å². The van der Waals surface area contributed by atoms with Gasteiger partial charge in [-0.25, -0.2) is 5.01 Å². The van der Waals surface area contributed by atoms with Crippen LogP contribution in [0.25, 0.3) is 0 Å². The number of piperidine rings is 1. The van der Waals surface area contributed by atoms with Crippen molar-refractivity contribution < 1.29 is 9.47 Å². The molecule has 2 aliphatic rings. The van der Waals surface area contributed by atoms with Crippen molar-refractivity contribution in [2.24, 2.45) is 5.84 Å². The number of hydrogen-bond donors (Lipinski definition) is 1. The van der Waals surface area contributed by atoms with Gasteiger partial charge in [0.15, 0.2) is 5.79 Å². The van der Waals surface area contributed by atoms with E-state index in [2.05, 4.69) is 0 Å². The Balaban J connectivity index is 1.92. The van der Waals surface area contributed by atoms with Crippen molar-refractivity contribution in [3.8, 4) is 0 Å². The number of rotatable bonds is 0. The molecule has 2 fully saturated rings. The largest absolute Gasteiger partial charge is 0.350 e. The van der Waals surface area contributed by atoms with Crippen LogP contribution in [0.4, 0.5) is 0 Å². The fourth-order valence-electron chi connectivity index (χ4n) is 1.77. The van der Waals surface area contributed by atoms with E-state index >= 15 is 0 Å². The summed E-state index contributed by atoms with van der Waals surface area (Å²) < 4.78 is 11.3. The zero-order valence-electron chi connectivity index (χ0n) is 7.29. The van der Waals surface area contributed by atoms with E-state index in [-0.39, 0.29) is 5.79 Å². The fourth-order valence-corrected chi connectivity index (χ4v) is 1.77. The van der Waals surface area contributed by atoms with E-state index in [4.69, 9.17) is 15.3 Å². The highest BCUT2D eigenvalue weighted by atomic mass is 16.7. The number of hydrazine groups is 1. The molecule has 12 heavy (non-hydrogen) atoms. The first-order chi connectivity index (χ1) is 5.81. The van der Waals surface area contributed by atoms with Gasteiger partial charge in [0, 0.05) is 25.9 Å². The summed E-state index contributed by atoms with van der Waals surface area (Å²) >= 11 is 0. The third kappa shape index (κ3) is 1.61. The average molecular weight is 172 g/mol. The summed E-state index contributed by atoms with van der Waals surface area (Å²) in [5.74, 6) is 5.36. The van der Waals surface area contributed by atoms with E-state index in [0.29, 0.717) is 0 Å². The van der Waals surface area contributed by atoms with E-state index in [1.165, 1.54) is 0 Å². The van der Waals surface area contributed by atoms with Crippen LogP contribution in [0.3, 0.4) is 0 Å². The van der Waals surface area contributed by atoms with Crippen molar-refractivity contribution in [1.29, 1.82) is 0 Å². The van der Waals surface area contributed by atoms with Crippen molar-refractivity contribution in [1.82, 2.24) is 5.01 Å². The third-order valence-corrected chi connectivity index (χ3v) is 2.58. The van der Waals surface area contributed by atoms with Gasteiger partial charge in [-0.05, 0) is 6.42 Å². The number of hydrogen-bond acceptors (Lipinski definition) is 4. The van der Waals surface area contributed by atoms with E-state index in [9.17, 15) is 0 Å². The minimum absolute atomic E-state index is 0.284. The van der Waals surface area contributed by atoms with Crippen LogP contribution in [0.5, 0.6) is 0 Å². The Morgan fingerprint density at radius 3 is 2.25 bits per heavy atom. The monoisotopic (exact) mass is 172 g/mol. The lowest BCUT2D eigenvalue weighted by Gasteiger charge is -2.42. The van der Waals surface area contributed by atoms with Crippen LogP contribution in [0, 0.1) is 0 Å². The lowest BCUT2D eigenvalue weighted by molar-refractivity contribution is -0.284. The average Bonchev–Trinajstić information content (AvgIpc) is 2.13. The fraction of sp³-hybridized carbons (Fsp3) is 1.00. The van der Waals surface area contributed by atoms with Crippen molar-refractivity contribution in [2.75, 3.05) is 26.3 Å². The summed E-state index contributed by atoms with van der Waals surface area (Å²) in [5, 5.41) is 1.83. The predicted octanol–water partition coefficient (Wildman–Crippen LogP) is 0.0891. The Hall–Kier alpha value is -0.160. The molecule has 2 N–H and O–H groups in total. The second kappa shape index (κ2) is 3.30. The molecule has 70 valence electrons. The van der Waals surface area contributed by atoms with Crippen molar-refractivity contribution in [3.63, 3.8) is 0 Å². The lowest BCUT2D eigenvalue weighted by atomic mass is 10.0. The molecule has 0 aliphatic carbocycles. The second-order valence-electron chi connectivity index (χ2n) is 3.50. The van der Waals surface area contributed by atoms with Crippen molar-refractivity contribution in [2.45, 2.75) is 25.0 Å². The van der Waals surface area contributed by atoms with Gasteiger partial charge in [-0.2, -0.15) is 0 Å². The molecule has 2 aliphatic heterocycles. The molecule has 2 rings (SSSR count). The molecule has 0 atom stereocenters. The molecular formula is C8H16N2O2. The zero-order chi connectivity index (χ0) is 8.44. The maximum absolute atomic E-state index is 5.65. The highest BCUT2D eigenvalue weighted by molar-refractivity contribution is 4.79. The predicted molar refractivity (Wildman–Crippen MR) is 44.2 cm³/mol. The summed E-state index contributed by atoms with van der Waals surface area (Å²) in [5.41, 5.74) is 0. The zero-order valence-corrected chi connectivity index (χ0v) is 7.29. The molecule has 0 aromatic carbocycles. The Labute approximate surface area is 72.6 Å². The number of ether oxygens (including phenoxy) is 2. The van der Waals surface area contributed by atoms with Crippen LogP contribution in [0.1, 0.15) is 19.3 Å². The molecule has 0 amide bonds. The van der Waals surface area contributed by atoms with Gasteiger partial charge >= 0.3 is 0 Å². The van der Waals surface area contributed by atoms with Crippen molar-refractivity contribution >= 4 is 0 Å². The molecule has 0 aromatic rings. The van der Waals surface area contributed by atoms with Gasteiger partial charge in [0.05, 0.1) is 13.2 Å². The third-order valence-electron chi connectivity index (χ3n) is 2.58. The SMILES string of the molecule is NN1CCC2(CC1)OCCCO2. The molecule has 0 unspecified atom stereocenters. The summed E-state index contributed by atoms with van der Waals surface area (Å²) in [6, 6.07) is 0. The van der Waals surface area contributed by atoms with E-state index in [0.717, 1.165) is 45.6 Å². The Bertz CT molecular complexity index is 147. The van der Waals surface area contributed by atoms with Gasteiger partial charge in [-0.1, -0.05) is 0 Å². The van der Waals surface area contributed by atoms with Crippen molar-refractivity contribution in [3.05, 3.63) is 0 Å². The quantitative estimate of drug-likeness (QED) is 0.526. The second-order valence-corrected chi connectivity index (χ2v) is 3.50. The van der Waals surface area contributed by atoms with Crippen LogP contribution >= 0.6 is 0 Å². The first kappa shape index (κ1) is 8.44. The van der Waals surface area contributed by atoms with Gasteiger partial charge in [0.1, 0.15) is 0 Å². The standard InChI is InChI=1S/C8H16N2O2/c9-10-4-2-8(3-5-10)11-6-1-7-12-8/h1-7,9H2. The maximum atomic E-state index is 5.65. The normalized spacial score (nSPS) is 30.8. The molecule has 2 heterocycles. The Kier molecular flexibility index (Phi) is 2.32. The van der Waals surface area contributed by atoms with Gasteiger partial charge < -0.3 is 9.47 Å². The highest BCUT2D eigenvalue weighted by Crippen LogP contribution is 2.29. The minimum Gasteiger partial charge on any atom is -0.350 e. The molecular weight excluding hydrogens is 156 g/mol. The molecule has 0 bridgehead atoms. The summed E-state index contributed by atoms with van der Waals surface area (Å²) in [6.07, 6.45) is 2.83. The van der Waals surface area contributed by atoms with Crippen LogP contribution in [-0.4, -0.2) is 37.1 Å². The summed E-state index contributed by atoms with van der Waals surface area (Å²) in [6.45, 7) is 3.43. The Morgan fingerprint density at radius 2 is 1.67 bits per heavy atom. The summed E-state index contributed by atoms with van der Waals surface area (Å²) in [4.78, 5) is 0. The molecule has 1 spiro atoms. The maximum Gasteiger partial charge on any atom is 0.170 e. The van der Waals surface area contributed by atoms with Crippen LogP contribution in [0.15, 0.2) is 0 Å². The van der Waals surface area contributed by atoms with E-state index in [1.54, 1.807) is 0 Å². The molecule has 4 heteroatoms. The molecule has 0 saturated carbocycles. The van der Waals surface area contributed by atoms with Gasteiger partial charge in [0.25, 0.3) is 0 Å². The van der Waals surface area contributed by atoms with Gasteiger partial charge in [-0.3, -0.25) is 5.84 Å². The van der Waals surface area contributed by atoms with Gasteiger partial charge in [-0.15, -0.1) is 0 Å². The molecule has 4 nitrogen and oxygen atoms in total. The first-order valence-corrected chi connectivity index (χ1v) is 4.58. The number of nitrogens with zero attached hydrogens (tertiary/aromatic N) is 1. The molecule has 0 aromatic heterocycles.